The molecule has 2 aliphatic heterocycles. The van der Waals surface area contributed by atoms with Crippen molar-refractivity contribution >= 4 is 5.91 Å². The zero-order valence-corrected chi connectivity index (χ0v) is 14.7. The van der Waals surface area contributed by atoms with Gasteiger partial charge in [0, 0.05) is 58.0 Å². The van der Waals surface area contributed by atoms with Gasteiger partial charge in [-0.1, -0.05) is 12.1 Å². The van der Waals surface area contributed by atoms with Crippen molar-refractivity contribution < 1.29 is 9.90 Å². The minimum absolute atomic E-state index is 0.0966. The molecule has 1 atom stereocenters. The molecule has 132 valence electrons. The van der Waals surface area contributed by atoms with E-state index in [4.69, 9.17) is 0 Å². The lowest BCUT2D eigenvalue weighted by Gasteiger charge is -2.32. The van der Waals surface area contributed by atoms with E-state index in [9.17, 15) is 9.90 Å². The van der Waals surface area contributed by atoms with Gasteiger partial charge < -0.3 is 14.9 Å². The number of benzene rings is 1. The van der Waals surface area contributed by atoms with Crippen LogP contribution in [0.1, 0.15) is 28.8 Å². The molecule has 2 aliphatic rings. The fourth-order valence-corrected chi connectivity index (χ4v) is 3.60. The Morgan fingerprint density at radius 2 is 1.83 bits per heavy atom. The number of piperidine rings is 1. The van der Waals surface area contributed by atoms with Crippen molar-refractivity contribution in [1.82, 2.24) is 14.7 Å². The largest absolute Gasteiger partial charge is 0.396 e. The van der Waals surface area contributed by atoms with Crippen molar-refractivity contribution in [2.75, 3.05) is 52.9 Å². The smallest absolute Gasteiger partial charge is 0.253 e. The first-order valence-electron chi connectivity index (χ1n) is 9.05. The second kappa shape index (κ2) is 8.10. The molecule has 0 aromatic heterocycles. The number of likely N-dealkylation sites (N-methyl/N-ethyl adjacent to an activating group) is 1. The van der Waals surface area contributed by atoms with E-state index in [1.165, 1.54) is 5.56 Å². The highest BCUT2D eigenvalue weighted by Gasteiger charge is 2.24. The first-order valence-corrected chi connectivity index (χ1v) is 9.05. The normalized spacial score (nSPS) is 23.4. The van der Waals surface area contributed by atoms with Gasteiger partial charge in [0.15, 0.2) is 0 Å². The molecular formula is C19H29N3O2. The number of carbonyl (C=O) groups is 1. The number of nitrogens with zero attached hydrogens (tertiary/aromatic N) is 3. The molecule has 24 heavy (non-hydrogen) atoms. The lowest BCUT2D eigenvalue weighted by atomic mass is 9.98. The molecule has 3 rings (SSSR count). The maximum absolute atomic E-state index is 12.6. The van der Waals surface area contributed by atoms with Crippen LogP contribution in [0.5, 0.6) is 0 Å². The summed E-state index contributed by atoms with van der Waals surface area (Å²) in [5.74, 6) is 0.332. The number of aliphatic hydroxyl groups excluding tert-OH is 1. The van der Waals surface area contributed by atoms with E-state index in [1.54, 1.807) is 0 Å². The van der Waals surface area contributed by atoms with E-state index in [0.717, 1.165) is 57.7 Å². The van der Waals surface area contributed by atoms with Crippen molar-refractivity contribution in [1.29, 1.82) is 0 Å². The summed E-state index contributed by atoms with van der Waals surface area (Å²) in [6.07, 6.45) is 2.00. The molecular weight excluding hydrogens is 302 g/mol. The van der Waals surface area contributed by atoms with Gasteiger partial charge in [0.25, 0.3) is 5.91 Å². The average Bonchev–Trinajstić information content (AvgIpc) is 2.64. The molecule has 0 bridgehead atoms. The predicted molar refractivity (Wildman–Crippen MR) is 94.9 cm³/mol. The summed E-state index contributed by atoms with van der Waals surface area (Å²) in [6.45, 7) is 7.07. The predicted octanol–water partition coefficient (Wildman–Crippen LogP) is 1.28. The molecule has 1 aromatic rings. The van der Waals surface area contributed by atoms with Crippen molar-refractivity contribution in [3.63, 3.8) is 0 Å². The number of amides is 1. The third kappa shape index (κ3) is 4.35. The van der Waals surface area contributed by atoms with Crippen LogP contribution in [-0.2, 0) is 6.54 Å². The van der Waals surface area contributed by atoms with Crippen molar-refractivity contribution in [2.45, 2.75) is 19.4 Å². The van der Waals surface area contributed by atoms with Crippen LogP contribution in [0.2, 0.25) is 0 Å². The minimum Gasteiger partial charge on any atom is -0.396 e. The Kier molecular flexibility index (Phi) is 5.87. The van der Waals surface area contributed by atoms with E-state index >= 15 is 0 Å². The second-order valence-electron chi connectivity index (χ2n) is 7.22. The Balaban J connectivity index is 1.56. The van der Waals surface area contributed by atoms with Gasteiger partial charge in [0.1, 0.15) is 0 Å². The highest BCUT2D eigenvalue weighted by atomic mass is 16.3. The van der Waals surface area contributed by atoms with Gasteiger partial charge in [-0.25, -0.2) is 0 Å². The number of aliphatic hydroxyl groups is 1. The molecule has 5 heteroatoms. The lowest BCUT2D eigenvalue weighted by molar-refractivity contribution is 0.0620. The van der Waals surface area contributed by atoms with E-state index in [2.05, 4.69) is 29.0 Å². The SMILES string of the molecule is CN1CCN(Cc2ccc(C(=O)N3CCCC(CO)C3)cc2)CC1. The van der Waals surface area contributed by atoms with Crippen LogP contribution in [0.3, 0.4) is 0 Å². The van der Waals surface area contributed by atoms with Gasteiger partial charge in [0.05, 0.1) is 0 Å². The molecule has 0 aliphatic carbocycles. The highest BCUT2D eigenvalue weighted by molar-refractivity contribution is 5.94. The molecule has 0 saturated carbocycles. The van der Waals surface area contributed by atoms with Crippen LogP contribution in [0.25, 0.3) is 0 Å². The summed E-state index contributed by atoms with van der Waals surface area (Å²) >= 11 is 0. The molecule has 2 fully saturated rings. The molecule has 1 aromatic carbocycles. The van der Waals surface area contributed by atoms with E-state index in [0.29, 0.717) is 6.54 Å². The van der Waals surface area contributed by atoms with Gasteiger partial charge in [0.2, 0.25) is 0 Å². The Morgan fingerprint density at radius 1 is 1.12 bits per heavy atom. The molecule has 0 radical (unpaired) electrons. The summed E-state index contributed by atoms with van der Waals surface area (Å²) in [6, 6.07) is 8.07. The zero-order chi connectivity index (χ0) is 16.9. The number of likely N-dealkylation sites (tertiary alicyclic amines) is 1. The first-order chi connectivity index (χ1) is 11.7. The minimum atomic E-state index is 0.0966. The van der Waals surface area contributed by atoms with Crippen LogP contribution >= 0.6 is 0 Å². The van der Waals surface area contributed by atoms with Crippen LogP contribution < -0.4 is 0 Å². The standard InChI is InChI=1S/C19H29N3O2/c1-20-9-11-21(12-10-20)13-16-4-6-18(7-5-16)19(24)22-8-2-3-17(14-22)15-23/h4-7,17,23H,2-3,8-15H2,1H3. The van der Waals surface area contributed by atoms with Crippen LogP contribution in [0.4, 0.5) is 0 Å². The number of hydrogen-bond acceptors (Lipinski definition) is 4. The first kappa shape index (κ1) is 17.4. The van der Waals surface area contributed by atoms with E-state index < -0.39 is 0 Å². The third-order valence-electron chi connectivity index (χ3n) is 5.27. The molecule has 2 saturated heterocycles. The Bertz CT molecular complexity index is 538. The Morgan fingerprint density at radius 3 is 2.50 bits per heavy atom. The summed E-state index contributed by atoms with van der Waals surface area (Å²) < 4.78 is 0. The molecule has 1 N–H and O–H groups in total. The van der Waals surface area contributed by atoms with Crippen LogP contribution in [-0.4, -0.2) is 78.6 Å². The number of piperazine rings is 1. The summed E-state index contributed by atoms with van der Waals surface area (Å²) in [7, 11) is 2.17. The second-order valence-corrected chi connectivity index (χ2v) is 7.22. The fraction of sp³-hybridized carbons (Fsp3) is 0.632. The van der Waals surface area contributed by atoms with Crippen molar-refractivity contribution in [2.24, 2.45) is 5.92 Å². The Labute approximate surface area is 144 Å². The fourth-order valence-electron chi connectivity index (χ4n) is 3.60. The van der Waals surface area contributed by atoms with Gasteiger partial charge in [-0.3, -0.25) is 9.69 Å². The van der Waals surface area contributed by atoms with E-state index in [-0.39, 0.29) is 18.4 Å². The number of carbonyl (C=O) groups excluding carboxylic acids is 1. The highest BCUT2D eigenvalue weighted by Crippen LogP contribution is 2.19. The zero-order valence-electron chi connectivity index (χ0n) is 14.7. The quantitative estimate of drug-likeness (QED) is 0.903. The van der Waals surface area contributed by atoms with E-state index in [1.807, 2.05) is 17.0 Å². The summed E-state index contributed by atoms with van der Waals surface area (Å²) in [5, 5.41) is 9.32. The molecule has 1 unspecified atom stereocenters. The van der Waals surface area contributed by atoms with Gasteiger partial charge >= 0.3 is 0 Å². The summed E-state index contributed by atoms with van der Waals surface area (Å²) in [4.78, 5) is 19.3. The molecule has 0 spiro atoms. The van der Waals surface area contributed by atoms with Crippen molar-refractivity contribution in [3.05, 3.63) is 35.4 Å². The maximum atomic E-state index is 12.6. The van der Waals surface area contributed by atoms with Gasteiger partial charge in [-0.2, -0.15) is 0 Å². The molecule has 5 nitrogen and oxygen atoms in total. The van der Waals surface area contributed by atoms with Crippen LogP contribution in [0.15, 0.2) is 24.3 Å². The monoisotopic (exact) mass is 331 g/mol. The maximum Gasteiger partial charge on any atom is 0.253 e. The third-order valence-corrected chi connectivity index (χ3v) is 5.27. The summed E-state index contributed by atoms with van der Waals surface area (Å²) in [5.41, 5.74) is 2.03. The molecule has 1 amide bonds. The average molecular weight is 331 g/mol. The topological polar surface area (TPSA) is 47.0 Å². The van der Waals surface area contributed by atoms with Gasteiger partial charge in [-0.05, 0) is 43.5 Å². The van der Waals surface area contributed by atoms with Gasteiger partial charge in [-0.15, -0.1) is 0 Å². The lowest BCUT2D eigenvalue weighted by Crippen LogP contribution is -2.43. The number of hydrogen-bond donors (Lipinski definition) is 1. The Hall–Kier alpha value is -1.43. The molecule has 2 heterocycles. The van der Waals surface area contributed by atoms with Crippen LogP contribution in [0, 0.1) is 5.92 Å². The van der Waals surface area contributed by atoms with Crippen molar-refractivity contribution in [3.8, 4) is 0 Å². The number of rotatable bonds is 4.